The van der Waals surface area contributed by atoms with Crippen molar-refractivity contribution in [3.8, 4) is 0 Å². The zero-order chi connectivity index (χ0) is 10.9. The van der Waals surface area contributed by atoms with E-state index in [0.29, 0.717) is 5.41 Å². The van der Waals surface area contributed by atoms with Gasteiger partial charge in [-0.2, -0.15) is 0 Å². The van der Waals surface area contributed by atoms with Gasteiger partial charge in [0.05, 0.1) is 0 Å². The first kappa shape index (κ1) is 11.2. The standard InChI is InChI=1S/C13H15BrS/c1-13(2,9-14)8-11-7-10-5-3-4-6-12(10)15-11/h3-7H,8-9H2,1-2H3. The molecule has 80 valence electrons. The normalized spacial score (nSPS) is 12.2. The summed E-state index contributed by atoms with van der Waals surface area (Å²) in [5.41, 5.74) is 0.348. The number of thiophene rings is 1. The monoisotopic (exact) mass is 282 g/mol. The van der Waals surface area contributed by atoms with Gasteiger partial charge in [0.2, 0.25) is 0 Å². The van der Waals surface area contributed by atoms with Crippen LogP contribution in [0.1, 0.15) is 18.7 Å². The molecule has 0 aliphatic heterocycles. The molecule has 0 spiro atoms. The quantitative estimate of drug-likeness (QED) is 0.705. The first-order valence-electron chi connectivity index (χ1n) is 5.14. The third-order valence-corrected chi connectivity index (χ3v) is 5.13. The Bertz CT molecular complexity index is 423. The van der Waals surface area contributed by atoms with E-state index in [9.17, 15) is 0 Å². The minimum Gasteiger partial charge on any atom is -0.140 e. The summed E-state index contributed by atoms with van der Waals surface area (Å²) in [6, 6.07) is 10.9. The molecular formula is C13H15BrS. The van der Waals surface area contributed by atoms with E-state index in [-0.39, 0.29) is 0 Å². The molecule has 0 radical (unpaired) electrons. The van der Waals surface area contributed by atoms with Crippen molar-refractivity contribution >= 4 is 37.4 Å². The molecule has 0 amide bonds. The predicted molar refractivity (Wildman–Crippen MR) is 73.1 cm³/mol. The summed E-state index contributed by atoms with van der Waals surface area (Å²) in [5, 5.41) is 2.43. The average Bonchev–Trinajstić information content (AvgIpc) is 2.58. The summed E-state index contributed by atoms with van der Waals surface area (Å²) in [6.07, 6.45) is 1.15. The molecule has 0 fully saturated rings. The van der Waals surface area contributed by atoms with Crippen LogP contribution in [0.2, 0.25) is 0 Å². The van der Waals surface area contributed by atoms with Crippen LogP contribution in [0, 0.1) is 5.41 Å². The van der Waals surface area contributed by atoms with Crippen LogP contribution in [-0.2, 0) is 6.42 Å². The summed E-state index contributed by atoms with van der Waals surface area (Å²) in [7, 11) is 0. The molecule has 0 N–H and O–H groups in total. The van der Waals surface area contributed by atoms with E-state index in [0.717, 1.165) is 11.8 Å². The van der Waals surface area contributed by atoms with Crippen molar-refractivity contribution < 1.29 is 0 Å². The van der Waals surface area contributed by atoms with Gasteiger partial charge in [0.15, 0.2) is 0 Å². The van der Waals surface area contributed by atoms with Gasteiger partial charge in [0.1, 0.15) is 0 Å². The summed E-state index contributed by atoms with van der Waals surface area (Å²) < 4.78 is 1.40. The van der Waals surface area contributed by atoms with Gasteiger partial charge in [-0.3, -0.25) is 0 Å². The molecule has 0 atom stereocenters. The molecule has 1 heterocycles. The maximum absolute atomic E-state index is 3.58. The molecule has 0 saturated heterocycles. The topological polar surface area (TPSA) is 0 Å². The van der Waals surface area contributed by atoms with Crippen molar-refractivity contribution in [3.63, 3.8) is 0 Å². The van der Waals surface area contributed by atoms with Crippen LogP contribution in [0.4, 0.5) is 0 Å². The van der Waals surface area contributed by atoms with Crippen LogP contribution >= 0.6 is 27.3 Å². The van der Waals surface area contributed by atoms with Gasteiger partial charge in [-0.1, -0.05) is 48.0 Å². The smallest absolute Gasteiger partial charge is 0.0345 e. The van der Waals surface area contributed by atoms with Crippen molar-refractivity contribution in [3.05, 3.63) is 35.2 Å². The summed E-state index contributed by atoms with van der Waals surface area (Å²) in [5.74, 6) is 0. The van der Waals surface area contributed by atoms with Crippen LogP contribution in [0.3, 0.4) is 0 Å². The second kappa shape index (κ2) is 4.26. The molecule has 0 bridgehead atoms. The largest absolute Gasteiger partial charge is 0.140 e. The van der Waals surface area contributed by atoms with E-state index in [4.69, 9.17) is 0 Å². The number of alkyl halides is 1. The summed E-state index contributed by atoms with van der Waals surface area (Å²) in [6.45, 7) is 4.60. The van der Waals surface area contributed by atoms with Crippen LogP contribution < -0.4 is 0 Å². The lowest BCUT2D eigenvalue weighted by atomic mass is 9.91. The Morgan fingerprint density at radius 3 is 2.67 bits per heavy atom. The van der Waals surface area contributed by atoms with Crippen LogP contribution in [-0.4, -0.2) is 5.33 Å². The lowest BCUT2D eigenvalue weighted by Crippen LogP contribution is -2.15. The molecule has 15 heavy (non-hydrogen) atoms. The fourth-order valence-corrected chi connectivity index (χ4v) is 3.16. The molecule has 0 aliphatic rings. The fourth-order valence-electron chi connectivity index (χ4n) is 1.64. The summed E-state index contributed by atoms with van der Waals surface area (Å²) in [4.78, 5) is 1.49. The van der Waals surface area contributed by atoms with E-state index in [1.807, 2.05) is 11.3 Å². The molecule has 2 rings (SSSR count). The lowest BCUT2D eigenvalue weighted by molar-refractivity contribution is 0.428. The van der Waals surface area contributed by atoms with Crippen LogP contribution in [0.25, 0.3) is 10.1 Å². The second-order valence-electron chi connectivity index (χ2n) is 4.73. The minimum atomic E-state index is 0.348. The van der Waals surface area contributed by atoms with Gasteiger partial charge in [-0.15, -0.1) is 11.3 Å². The fraction of sp³-hybridized carbons (Fsp3) is 0.385. The van der Waals surface area contributed by atoms with E-state index < -0.39 is 0 Å². The number of rotatable bonds is 3. The molecular weight excluding hydrogens is 268 g/mol. The Hall–Kier alpha value is -0.340. The van der Waals surface area contributed by atoms with Gasteiger partial charge < -0.3 is 0 Å². The highest BCUT2D eigenvalue weighted by atomic mass is 79.9. The van der Waals surface area contributed by atoms with Gasteiger partial charge in [0, 0.05) is 14.9 Å². The minimum absolute atomic E-state index is 0.348. The van der Waals surface area contributed by atoms with E-state index in [1.54, 1.807) is 0 Å². The van der Waals surface area contributed by atoms with Gasteiger partial charge >= 0.3 is 0 Å². The van der Waals surface area contributed by atoms with Crippen molar-refractivity contribution in [2.24, 2.45) is 5.41 Å². The Balaban J connectivity index is 2.30. The highest BCUT2D eigenvalue weighted by Gasteiger charge is 2.17. The Morgan fingerprint density at radius 2 is 2.00 bits per heavy atom. The molecule has 0 unspecified atom stereocenters. The number of hydrogen-bond donors (Lipinski definition) is 0. The SMILES string of the molecule is CC(C)(CBr)Cc1cc2ccccc2s1. The summed E-state index contributed by atoms with van der Waals surface area (Å²) >= 11 is 5.50. The molecule has 0 saturated carbocycles. The maximum atomic E-state index is 3.58. The van der Waals surface area contributed by atoms with E-state index >= 15 is 0 Å². The molecule has 2 heteroatoms. The van der Waals surface area contributed by atoms with Gasteiger partial charge in [-0.25, -0.2) is 0 Å². The first-order valence-corrected chi connectivity index (χ1v) is 7.08. The maximum Gasteiger partial charge on any atom is 0.0345 e. The van der Waals surface area contributed by atoms with E-state index in [2.05, 4.69) is 60.1 Å². The number of benzene rings is 1. The molecule has 1 aromatic heterocycles. The lowest BCUT2D eigenvalue weighted by Gasteiger charge is -2.20. The molecule has 2 aromatic rings. The average molecular weight is 283 g/mol. The molecule has 1 aromatic carbocycles. The number of hydrogen-bond acceptors (Lipinski definition) is 1. The van der Waals surface area contributed by atoms with Gasteiger partial charge in [-0.05, 0) is 29.4 Å². The van der Waals surface area contributed by atoms with Crippen LogP contribution in [0.5, 0.6) is 0 Å². The predicted octanol–water partition coefficient (Wildman–Crippen LogP) is 4.86. The highest BCUT2D eigenvalue weighted by molar-refractivity contribution is 9.09. The third-order valence-electron chi connectivity index (χ3n) is 2.49. The van der Waals surface area contributed by atoms with Crippen molar-refractivity contribution in [2.75, 3.05) is 5.33 Å². The highest BCUT2D eigenvalue weighted by Crippen LogP contribution is 2.31. The second-order valence-corrected chi connectivity index (χ2v) is 6.45. The molecule has 0 aliphatic carbocycles. The van der Waals surface area contributed by atoms with Crippen molar-refractivity contribution in [1.29, 1.82) is 0 Å². The Morgan fingerprint density at radius 1 is 1.27 bits per heavy atom. The Kier molecular flexibility index (Phi) is 3.17. The van der Waals surface area contributed by atoms with Gasteiger partial charge in [0.25, 0.3) is 0 Å². The Labute approximate surface area is 103 Å². The zero-order valence-electron chi connectivity index (χ0n) is 9.09. The van der Waals surface area contributed by atoms with Crippen molar-refractivity contribution in [2.45, 2.75) is 20.3 Å². The molecule has 0 nitrogen and oxygen atoms in total. The van der Waals surface area contributed by atoms with Crippen molar-refractivity contribution in [1.82, 2.24) is 0 Å². The third kappa shape index (κ3) is 2.61. The zero-order valence-corrected chi connectivity index (χ0v) is 11.5. The number of halogens is 1. The number of fused-ring (bicyclic) bond motifs is 1. The van der Waals surface area contributed by atoms with Crippen LogP contribution in [0.15, 0.2) is 30.3 Å². The first-order chi connectivity index (χ1) is 7.11. The van der Waals surface area contributed by atoms with E-state index in [1.165, 1.54) is 15.0 Å².